The third kappa shape index (κ3) is 3.17. The van der Waals surface area contributed by atoms with Gasteiger partial charge in [-0.3, -0.25) is 0 Å². The number of aromatic nitrogens is 3. The van der Waals surface area contributed by atoms with Gasteiger partial charge in [-0.25, -0.2) is 15.0 Å². The van der Waals surface area contributed by atoms with Gasteiger partial charge in [-0.2, -0.15) is 0 Å². The zero-order valence-corrected chi connectivity index (χ0v) is 15.5. The highest BCUT2D eigenvalue weighted by Crippen LogP contribution is 2.34. The van der Waals surface area contributed by atoms with E-state index in [1.165, 1.54) is 5.69 Å². The molecule has 0 bridgehead atoms. The molecule has 1 saturated heterocycles. The molecule has 0 N–H and O–H groups in total. The Bertz CT molecular complexity index is 884. The van der Waals surface area contributed by atoms with Crippen LogP contribution in [0.1, 0.15) is 5.82 Å². The Balaban J connectivity index is 1.76. The maximum atomic E-state index is 5.46. The van der Waals surface area contributed by atoms with Crippen LogP contribution >= 0.6 is 11.3 Å². The molecule has 0 spiro atoms. The van der Waals surface area contributed by atoms with Gasteiger partial charge in [0.25, 0.3) is 0 Å². The number of thiazole rings is 1. The van der Waals surface area contributed by atoms with Gasteiger partial charge in [-0.15, -0.1) is 0 Å². The molecule has 1 aromatic carbocycles. The van der Waals surface area contributed by atoms with Crippen LogP contribution in [-0.2, 0) is 4.74 Å². The first-order valence-electron chi connectivity index (χ1n) is 8.37. The molecule has 4 rings (SSSR count). The summed E-state index contributed by atoms with van der Waals surface area (Å²) in [4.78, 5) is 19.4. The van der Waals surface area contributed by atoms with Gasteiger partial charge in [0, 0.05) is 38.4 Å². The fourth-order valence-electron chi connectivity index (χ4n) is 2.93. The second-order valence-electron chi connectivity index (χ2n) is 6.31. The molecule has 3 aromatic rings. The first-order chi connectivity index (χ1) is 12.1. The molecule has 6 nitrogen and oxygen atoms in total. The molecule has 1 fully saturated rings. The fraction of sp³-hybridized carbons (Fsp3) is 0.389. The van der Waals surface area contributed by atoms with E-state index in [4.69, 9.17) is 9.72 Å². The minimum atomic E-state index is 0.730. The average molecular weight is 355 g/mol. The van der Waals surface area contributed by atoms with Crippen molar-refractivity contribution >= 4 is 33.2 Å². The van der Waals surface area contributed by atoms with E-state index in [-0.39, 0.29) is 0 Å². The van der Waals surface area contributed by atoms with Crippen molar-refractivity contribution in [3.05, 3.63) is 30.1 Å². The quantitative estimate of drug-likeness (QED) is 0.720. The van der Waals surface area contributed by atoms with Crippen LogP contribution in [0.3, 0.4) is 0 Å². The topological polar surface area (TPSA) is 54.4 Å². The van der Waals surface area contributed by atoms with Crippen molar-refractivity contribution in [2.75, 3.05) is 50.2 Å². The normalized spacial score (nSPS) is 14.9. The van der Waals surface area contributed by atoms with Gasteiger partial charge in [0.15, 0.2) is 5.82 Å². The van der Waals surface area contributed by atoms with Crippen molar-refractivity contribution in [3.8, 4) is 10.6 Å². The SMILES string of the molecule is Cc1nc(N2CCOCC2)c2nc(-c3ccc(N(C)C)cc3)sc2n1. The lowest BCUT2D eigenvalue weighted by Crippen LogP contribution is -2.37. The molecule has 0 unspecified atom stereocenters. The molecule has 0 radical (unpaired) electrons. The molecule has 130 valence electrons. The molecule has 2 aromatic heterocycles. The molecule has 0 atom stereocenters. The summed E-state index contributed by atoms with van der Waals surface area (Å²) >= 11 is 1.62. The van der Waals surface area contributed by atoms with Gasteiger partial charge in [0.1, 0.15) is 21.2 Å². The van der Waals surface area contributed by atoms with E-state index in [1.807, 2.05) is 21.0 Å². The van der Waals surface area contributed by atoms with Gasteiger partial charge >= 0.3 is 0 Å². The third-order valence-electron chi connectivity index (χ3n) is 4.29. The highest BCUT2D eigenvalue weighted by atomic mass is 32.1. The van der Waals surface area contributed by atoms with Crippen LogP contribution < -0.4 is 9.80 Å². The molecule has 0 amide bonds. The number of hydrogen-bond donors (Lipinski definition) is 0. The zero-order valence-electron chi connectivity index (χ0n) is 14.7. The Hall–Kier alpha value is -2.25. The summed E-state index contributed by atoms with van der Waals surface area (Å²) in [7, 11) is 4.08. The van der Waals surface area contributed by atoms with E-state index < -0.39 is 0 Å². The molecule has 1 aliphatic rings. The summed E-state index contributed by atoms with van der Waals surface area (Å²) < 4.78 is 5.46. The molecule has 0 saturated carbocycles. The molecular formula is C18H21N5OS. The molecule has 1 aliphatic heterocycles. The van der Waals surface area contributed by atoms with Crippen molar-refractivity contribution in [1.29, 1.82) is 0 Å². The number of anilines is 2. The minimum Gasteiger partial charge on any atom is -0.378 e. The van der Waals surface area contributed by atoms with Gasteiger partial charge in [-0.1, -0.05) is 11.3 Å². The van der Waals surface area contributed by atoms with Crippen molar-refractivity contribution < 1.29 is 4.74 Å². The Morgan fingerprint density at radius 2 is 1.76 bits per heavy atom. The Morgan fingerprint density at radius 3 is 2.44 bits per heavy atom. The predicted molar refractivity (Wildman–Crippen MR) is 103 cm³/mol. The average Bonchev–Trinajstić information content (AvgIpc) is 3.05. The van der Waals surface area contributed by atoms with E-state index in [2.05, 4.69) is 44.0 Å². The first kappa shape index (κ1) is 16.2. The van der Waals surface area contributed by atoms with Crippen LogP contribution in [0.4, 0.5) is 11.5 Å². The Morgan fingerprint density at radius 1 is 1.04 bits per heavy atom. The molecule has 0 aliphatic carbocycles. The highest BCUT2D eigenvalue weighted by Gasteiger charge is 2.20. The molecule has 7 heteroatoms. The number of ether oxygens (including phenoxy) is 1. The number of aryl methyl sites for hydroxylation is 1. The monoisotopic (exact) mass is 355 g/mol. The van der Waals surface area contributed by atoms with E-state index in [0.717, 1.165) is 58.9 Å². The standard InChI is InChI=1S/C18H21N5OS/c1-12-19-16(23-8-10-24-11-9-23)15-18(20-12)25-17(21-15)13-4-6-14(7-5-13)22(2)3/h4-7H,8-11H2,1-3H3. The van der Waals surface area contributed by atoms with E-state index in [1.54, 1.807) is 11.3 Å². The maximum Gasteiger partial charge on any atom is 0.160 e. The van der Waals surface area contributed by atoms with Crippen molar-refractivity contribution in [1.82, 2.24) is 15.0 Å². The lowest BCUT2D eigenvalue weighted by Gasteiger charge is -2.27. The fourth-order valence-corrected chi connectivity index (χ4v) is 3.92. The summed E-state index contributed by atoms with van der Waals surface area (Å²) in [5.41, 5.74) is 3.18. The van der Waals surface area contributed by atoms with Gasteiger partial charge < -0.3 is 14.5 Å². The van der Waals surface area contributed by atoms with E-state index in [0.29, 0.717) is 0 Å². The molecular weight excluding hydrogens is 334 g/mol. The maximum absolute atomic E-state index is 5.46. The van der Waals surface area contributed by atoms with Crippen molar-refractivity contribution in [2.45, 2.75) is 6.92 Å². The smallest absolute Gasteiger partial charge is 0.160 e. The lowest BCUT2D eigenvalue weighted by molar-refractivity contribution is 0.122. The number of hydrogen-bond acceptors (Lipinski definition) is 7. The van der Waals surface area contributed by atoms with Crippen LogP contribution in [-0.4, -0.2) is 55.4 Å². The van der Waals surface area contributed by atoms with Crippen LogP contribution in [0.5, 0.6) is 0 Å². The van der Waals surface area contributed by atoms with Crippen LogP contribution in [0.2, 0.25) is 0 Å². The number of morpholine rings is 1. The molecule has 3 heterocycles. The second kappa shape index (κ2) is 6.57. The van der Waals surface area contributed by atoms with Crippen LogP contribution in [0, 0.1) is 6.92 Å². The summed E-state index contributed by atoms with van der Waals surface area (Å²) in [5.74, 6) is 1.71. The number of fused-ring (bicyclic) bond motifs is 1. The number of rotatable bonds is 3. The molecule has 25 heavy (non-hydrogen) atoms. The number of benzene rings is 1. The lowest BCUT2D eigenvalue weighted by atomic mass is 10.2. The summed E-state index contributed by atoms with van der Waals surface area (Å²) in [5, 5.41) is 0.981. The predicted octanol–water partition coefficient (Wildman–Crippen LogP) is 2.96. The third-order valence-corrected chi connectivity index (χ3v) is 5.29. The summed E-state index contributed by atoms with van der Waals surface area (Å²) in [6.07, 6.45) is 0. The van der Waals surface area contributed by atoms with Gasteiger partial charge in [0.2, 0.25) is 0 Å². The first-order valence-corrected chi connectivity index (χ1v) is 9.19. The van der Waals surface area contributed by atoms with Crippen LogP contribution in [0.15, 0.2) is 24.3 Å². The minimum absolute atomic E-state index is 0.730. The number of nitrogens with zero attached hydrogens (tertiary/aromatic N) is 5. The van der Waals surface area contributed by atoms with Crippen molar-refractivity contribution in [3.63, 3.8) is 0 Å². The van der Waals surface area contributed by atoms with Gasteiger partial charge in [0.05, 0.1) is 13.2 Å². The summed E-state index contributed by atoms with van der Waals surface area (Å²) in [6, 6.07) is 8.45. The highest BCUT2D eigenvalue weighted by molar-refractivity contribution is 7.21. The van der Waals surface area contributed by atoms with Gasteiger partial charge in [-0.05, 0) is 31.2 Å². The second-order valence-corrected chi connectivity index (χ2v) is 7.29. The Labute approximate surface area is 151 Å². The zero-order chi connectivity index (χ0) is 17.4. The largest absolute Gasteiger partial charge is 0.378 e. The van der Waals surface area contributed by atoms with Crippen LogP contribution in [0.25, 0.3) is 20.9 Å². The van der Waals surface area contributed by atoms with Crippen molar-refractivity contribution in [2.24, 2.45) is 0 Å². The summed E-state index contributed by atoms with van der Waals surface area (Å²) in [6.45, 7) is 5.08. The van der Waals surface area contributed by atoms with E-state index in [9.17, 15) is 0 Å². The Kier molecular flexibility index (Phi) is 4.27. The van der Waals surface area contributed by atoms with E-state index >= 15 is 0 Å².